The van der Waals surface area contributed by atoms with E-state index in [0.717, 1.165) is 99.1 Å². The minimum absolute atomic E-state index is 0.00417. The normalized spacial score (nSPS) is 12.8. The van der Waals surface area contributed by atoms with Gasteiger partial charge in [0.2, 0.25) is 17.1 Å². The molecular weight excluding hydrogens is 1670 g/mol. The highest BCUT2D eigenvalue weighted by molar-refractivity contribution is 6.40. The number of hydrogen-bond donors (Lipinski definition) is 9. The predicted octanol–water partition coefficient (Wildman–Crippen LogP) is 11.5. The van der Waals surface area contributed by atoms with Crippen molar-refractivity contribution in [2.24, 2.45) is 11.5 Å². The summed E-state index contributed by atoms with van der Waals surface area (Å²) in [6, 6.07) is 53.9. The van der Waals surface area contributed by atoms with Crippen molar-refractivity contribution in [3.05, 3.63) is 418 Å². The van der Waals surface area contributed by atoms with Crippen molar-refractivity contribution in [3.63, 3.8) is 0 Å². The number of ether oxygens (including phenoxy) is 2. The second kappa shape index (κ2) is 42.6. The number of Topliss-reactive ketones (excluding diaryl/α,β-unsaturated/α-hetero) is 1. The number of nitrogens with one attached hydrogen (secondary N) is 1. The maximum absolute atomic E-state index is 13.7. The summed E-state index contributed by atoms with van der Waals surface area (Å²) in [4.78, 5) is 142. The van der Waals surface area contributed by atoms with Gasteiger partial charge in [-0.05, 0) is 88.5 Å². The zero-order valence-electron chi connectivity index (χ0n) is 63.7. The first-order valence-corrected chi connectivity index (χ1v) is 35.2. The van der Waals surface area contributed by atoms with Gasteiger partial charge in [0.1, 0.15) is 35.0 Å². The van der Waals surface area contributed by atoms with Crippen LogP contribution < -0.4 is 16.8 Å². The van der Waals surface area contributed by atoms with Gasteiger partial charge in [-0.15, -0.1) is 11.6 Å². The standard InChI is InChI=1S/C16H12ClFN2O5.C15H12FNO5.C14H11FN2O4.C14H13FN2O3.C14H10FNO5.C9H7NO5/c17-9-14(21)19-16(15(22)23,10-3-1-5-12(18)7-10)11-4-2-6-13(8-11)20(24)25;1-22-14(18)15(19,10-4-2-6-12(16)8-10)11-5-3-7-13(9-11)17(20)21;15-11-5-1-3-9(7-11)14(16,13(18)19)10-4-2-6-12(8-10)17(20)21;15-12-5-1-3-10(7-12)14(16,9-18)11-4-2-6-13(8-11)17(19)20;15-11-5-1-3-9(7-11)14(19,13(17)18)10-4-2-6-12(8-10)16(20)21;1-15-9(12)8(11)6-3-2-4-7(5-6)10(13)14/h1-8H,9H2,(H,19,21)(H,22,23);2-9,19H,1H3;1-8H,16H2,(H,18,19);1-8,18H,9,16H2;1-8,19H,(H,17,18);2-5H,1H3. The van der Waals surface area contributed by atoms with E-state index >= 15 is 0 Å². The quantitative estimate of drug-likeness (QED) is 0.00488. The molecule has 0 spiro atoms. The molecule has 5 atom stereocenters. The lowest BCUT2D eigenvalue weighted by Gasteiger charge is -2.31. The number of aliphatic hydroxyl groups excluding tert-OH is 1. The summed E-state index contributed by atoms with van der Waals surface area (Å²) >= 11 is 5.46. The van der Waals surface area contributed by atoms with Crippen LogP contribution >= 0.6 is 11.6 Å². The molecule has 0 heterocycles. The molecule has 0 saturated heterocycles. The van der Waals surface area contributed by atoms with Crippen LogP contribution in [-0.4, -0.2) is 128 Å². The second-order valence-electron chi connectivity index (χ2n) is 25.4. The number of carbonyl (C=O) groups is 7. The van der Waals surface area contributed by atoms with E-state index in [4.69, 9.17) is 23.1 Å². The van der Waals surface area contributed by atoms with Gasteiger partial charge in [-0.3, -0.25) is 70.3 Å². The molecule has 0 radical (unpaired) electrons. The Hall–Kier alpha value is -16.0. The number of non-ortho nitro benzene ring substituents is 6. The van der Waals surface area contributed by atoms with Gasteiger partial charge in [0, 0.05) is 106 Å². The molecule has 11 aromatic carbocycles. The first-order chi connectivity index (χ1) is 58.4. The Labute approximate surface area is 698 Å². The highest BCUT2D eigenvalue weighted by Crippen LogP contribution is 2.38. The Kier molecular flexibility index (Phi) is 33.3. The third-order valence-electron chi connectivity index (χ3n) is 17.7. The Morgan fingerprint density at radius 1 is 0.371 bits per heavy atom. The molecule has 642 valence electrons. The molecule has 0 aromatic heterocycles. The number of methoxy groups -OCH3 is 2. The van der Waals surface area contributed by atoms with Gasteiger partial charge in [0.05, 0.1) is 55.9 Å². The van der Waals surface area contributed by atoms with Gasteiger partial charge < -0.3 is 56.9 Å². The molecule has 36 nitrogen and oxygen atoms in total. The zero-order valence-corrected chi connectivity index (χ0v) is 64.4. The fourth-order valence-corrected chi connectivity index (χ4v) is 11.6. The van der Waals surface area contributed by atoms with Crippen LogP contribution in [0.4, 0.5) is 56.1 Å². The SMILES string of the molecule is COC(=O)C(=O)c1cccc([N+](=O)[O-])c1.COC(=O)C(O)(c1cccc(F)c1)c1cccc([N+](=O)[O-])c1.NC(C(=O)O)(c1cccc(F)c1)c1cccc([N+](=O)[O-])c1.NC(CO)(c1cccc(F)c1)c1cccc([N+](=O)[O-])c1.O=C(CCl)NC(C(=O)O)(c1cccc(F)c1)c1cccc([N+](=O)[O-])c1.O=C(O)C(O)(c1cccc(F)c1)c1cccc([N+](=O)[O-])c1. The topological polar surface area (TPSA) is 582 Å². The van der Waals surface area contributed by atoms with Crippen molar-refractivity contribution in [2.75, 3.05) is 26.7 Å². The van der Waals surface area contributed by atoms with E-state index in [9.17, 15) is 147 Å². The Bertz CT molecular complexity index is 5780. The number of amides is 1. The van der Waals surface area contributed by atoms with Crippen molar-refractivity contribution >= 4 is 87.3 Å². The maximum atomic E-state index is 13.7. The zero-order chi connectivity index (χ0) is 92.4. The van der Waals surface area contributed by atoms with Crippen LogP contribution in [0.25, 0.3) is 0 Å². The number of esters is 2. The molecule has 124 heavy (non-hydrogen) atoms. The smallest absolute Gasteiger partial charge is 0.379 e. The van der Waals surface area contributed by atoms with Crippen LogP contribution in [0, 0.1) is 89.8 Å². The maximum Gasteiger partial charge on any atom is 0.379 e. The van der Waals surface area contributed by atoms with E-state index in [1.54, 1.807) is 12.1 Å². The molecule has 11 N–H and O–H groups in total. The van der Waals surface area contributed by atoms with Crippen molar-refractivity contribution in [1.82, 2.24) is 5.32 Å². The molecule has 11 aromatic rings. The summed E-state index contributed by atoms with van der Waals surface area (Å²) in [6.07, 6.45) is 0. The Morgan fingerprint density at radius 3 is 0.976 bits per heavy atom. The van der Waals surface area contributed by atoms with Crippen molar-refractivity contribution in [3.8, 4) is 0 Å². The molecule has 1 amide bonds. The number of nitrogens with two attached hydrogens (primary N) is 2. The van der Waals surface area contributed by atoms with Gasteiger partial charge in [-0.2, -0.15) is 0 Å². The number of carboxylic acid groups (broad SMARTS) is 3. The van der Waals surface area contributed by atoms with Gasteiger partial charge in [0.25, 0.3) is 39.9 Å². The van der Waals surface area contributed by atoms with Crippen LogP contribution in [-0.2, 0) is 66.1 Å². The minimum atomic E-state index is -2.58. The van der Waals surface area contributed by atoms with Gasteiger partial charge in [0.15, 0.2) is 11.1 Å². The van der Waals surface area contributed by atoms with Gasteiger partial charge in [-0.1, -0.05) is 133 Å². The highest BCUT2D eigenvalue weighted by atomic mass is 35.5. The fourth-order valence-electron chi connectivity index (χ4n) is 11.5. The number of carbonyl (C=O) groups excluding carboxylic acids is 4. The summed E-state index contributed by atoms with van der Waals surface area (Å²) in [5.74, 6) is -12.3. The van der Waals surface area contributed by atoms with Crippen LogP contribution in [0.15, 0.2) is 267 Å². The van der Waals surface area contributed by atoms with Crippen LogP contribution in [0.1, 0.15) is 66.0 Å². The molecule has 0 aliphatic carbocycles. The van der Waals surface area contributed by atoms with E-state index in [2.05, 4.69) is 14.8 Å². The number of carboxylic acids is 3. The van der Waals surface area contributed by atoms with Crippen molar-refractivity contribution in [2.45, 2.75) is 27.8 Å². The van der Waals surface area contributed by atoms with E-state index in [1.165, 1.54) is 170 Å². The summed E-state index contributed by atoms with van der Waals surface area (Å²) in [6.45, 7) is -0.502. The number of nitro benzene ring substituents is 6. The summed E-state index contributed by atoms with van der Waals surface area (Å²) in [5.41, 5.74) is -0.504. The lowest BCUT2D eigenvalue weighted by Crippen LogP contribution is -2.53. The predicted molar refractivity (Wildman–Crippen MR) is 425 cm³/mol. The molecule has 0 aliphatic heterocycles. The lowest BCUT2D eigenvalue weighted by atomic mass is 9.82. The van der Waals surface area contributed by atoms with Crippen LogP contribution in [0.3, 0.4) is 0 Å². The third kappa shape index (κ3) is 23.3. The summed E-state index contributed by atoms with van der Waals surface area (Å²) < 4.78 is 75.8. The molecule has 0 saturated carbocycles. The third-order valence-corrected chi connectivity index (χ3v) is 18.0. The number of rotatable bonds is 25. The number of alkyl halides is 1. The summed E-state index contributed by atoms with van der Waals surface area (Å²) in [5, 5.41) is 126. The first kappa shape index (κ1) is 96.9. The van der Waals surface area contributed by atoms with Gasteiger partial charge >= 0.3 is 29.8 Å². The second-order valence-corrected chi connectivity index (χ2v) is 25.7. The molecule has 0 fully saturated rings. The number of nitro groups is 6. The molecule has 42 heteroatoms. The minimum Gasteiger partial charge on any atom is -0.479 e. The van der Waals surface area contributed by atoms with Crippen molar-refractivity contribution < 1.29 is 125 Å². The average Bonchev–Trinajstić information content (AvgIpc) is 0.766. The van der Waals surface area contributed by atoms with Gasteiger partial charge in [-0.25, -0.2) is 45.9 Å². The molecule has 0 aliphatic rings. The van der Waals surface area contributed by atoms with E-state index < -0.39 is 140 Å². The number of hydrogen-bond acceptors (Lipinski definition) is 26. The monoisotopic (exact) mass is 1740 g/mol. The molecular formula is C82H65ClF5N9O27. The largest absolute Gasteiger partial charge is 0.479 e. The van der Waals surface area contributed by atoms with Crippen LogP contribution in [0.5, 0.6) is 0 Å². The number of benzene rings is 11. The van der Waals surface area contributed by atoms with E-state index in [-0.39, 0.29) is 84.2 Å². The average molecular weight is 1740 g/mol. The van der Waals surface area contributed by atoms with Crippen LogP contribution in [0.2, 0.25) is 0 Å². The Balaban J connectivity index is 0.000000231. The number of halogens is 6. The number of aliphatic carboxylic acids is 3. The summed E-state index contributed by atoms with van der Waals surface area (Å²) in [7, 11) is 2.13. The number of nitrogens with zero attached hydrogens (tertiary/aromatic N) is 6. The van der Waals surface area contributed by atoms with E-state index in [0.29, 0.717) is 11.1 Å². The molecule has 5 unspecified atom stereocenters. The number of aliphatic hydroxyl groups is 3. The lowest BCUT2D eigenvalue weighted by molar-refractivity contribution is -0.385. The fraction of sp³-hybridized carbons (Fsp3) is 0.110. The van der Waals surface area contributed by atoms with Crippen molar-refractivity contribution in [1.29, 1.82) is 0 Å². The molecule has 11 rings (SSSR count). The first-order valence-electron chi connectivity index (χ1n) is 34.7. The number of ketones is 1. The van der Waals surface area contributed by atoms with E-state index in [1.807, 2.05) is 0 Å². The highest BCUT2D eigenvalue weighted by Gasteiger charge is 2.47. The molecule has 0 bridgehead atoms. The Morgan fingerprint density at radius 2 is 0.637 bits per heavy atom.